The Morgan fingerprint density at radius 2 is 2.00 bits per heavy atom. The lowest BCUT2D eigenvalue weighted by atomic mass is 9.83. The molecule has 0 radical (unpaired) electrons. The number of benzene rings is 1. The van der Waals surface area contributed by atoms with Crippen molar-refractivity contribution in [1.82, 2.24) is 10.2 Å². The average Bonchev–Trinajstić information content (AvgIpc) is 2.55. The number of amides is 2. The molecule has 1 aliphatic carbocycles. The van der Waals surface area contributed by atoms with Gasteiger partial charge in [0.1, 0.15) is 0 Å². The molecule has 0 aliphatic heterocycles. The van der Waals surface area contributed by atoms with Crippen LogP contribution in [0.2, 0.25) is 0 Å². The SMILES string of the molecule is CCN(C(=O)NCc1ccccc1)C1CCCCC1CN. The zero-order valence-electron chi connectivity index (χ0n) is 12.9. The zero-order chi connectivity index (χ0) is 15.1. The topological polar surface area (TPSA) is 58.4 Å². The molecule has 0 spiro atoms. The maximum Gasteiger partial charge on any atom is 0.317 e. The molecule has 2 unspecified atom stereocenters. The van der Waals surface area contributed by atoms with Gasteiger partial charge in [0.15, 0.2) is 0 Å². The fourth-order valence-corrected chi connectivity index (χ4v) is 3.28. The Labute approximate surface area is 127 Å². The molecule has 4 nitrogen and oxygen atoms in total. The Hall–Kier alpha value is -1.55. The second-order valence-corrected chi connectivity index (χ2v) is 5.78. The van der Waals surface area contributed by atoms with Crippen molar-refractivity contribution in [3.8, 4) is 0 Å². The predicted molar refractivity (Wildman–Crippen MR) is 85.9 cm³/mol. The summed E-state index contributed by atoms with van der Waals surface area (Å²) in [5.74, 6) is 0.446. The van der Waals surface area contributed by atoms with Crippen LogP contribution < -0.4 is 11.1 Å². The summed E-state index contributed by atoms with van der Waals surface area (Å²) in [7, 11) is 0. The Morgan fingerprint density at radius 3 is 2.67 bits per heavy atom. The van der Waals surface area contributed by atoms with Crippen LogP contribution in [0.5, 0.6) is 0 Å². The molecule has 2 atom stereocenters. The van der Waals surface area contributed by atoms with Gasteiger partial charge in [-0.3, -0.25) is 0 Å². The molecule has 1 aromatic rings. The predicted octanol–water partition coefficient (Wildman–Crippen LogP) is 2.74. The molecule has 0 heterocycles. The number of carbonyl (C=O) groups excluding carboxylic acids is 1. The van der Waals surface area contributed by atoms with Gasteiger partial charge in [0.25, 0.3) is 0 Å². The lowest BCUT2D eigenvalue weighted by Gasteiger charge is -2.39. The lowest BCUT2D eigenvalue weighted by Crippen LogP contribution is -2.51. The monoisotopic (exact) mass is 289 g/mol. The van der Waals surface area contributed by atoms with Gasteiger partial charge in [-0.15, -0.1) is 0 Å². The minimum Gasteiger partial charge on any atom is -0.334 e. The molecule has 0 bridgehead atoms. The van der Waals surface area contributed by atoms with Gasteiger partial charge < -0.3 is 16.0 Å². The molecular formula is C17H27N3O. The molecule has 116 valence electrons. The van der Waals surface area contributed by atoms with Crippen molar-refractivity contribution in [3.63, 3.8) is 0 Å². The molecule has 1 fully saturated rings. The summed E-state index contributed by atoms with van der Waals surface area (Å²) in [6.45, 7) is 4.04. The molecule has 2 amide bonds. The number of carbonyl (C=O) groups is 1. The highest BCUT2D eigenvalue weighted by atomic mass is 16.2. The third-order valence-electron chi connectivity index (χ3n) is 4.46. The molecule has 1 aromatic carbocycles. The van der Waals surface area contributed by atoms with E-state index < -0.39 is 0 Å². The van der Waals surface area contributed by atoms with E-state index in [2.05, 4.69) is 5.32 Å². The summed E-state index contributed by atoms with van der Waals surface area (Å²) in [6.07, 6.45) is 4.66. The molecule has 4 heteroatoms. The van der Waals surface area contributed by atoms with Gasteiger partial charge in [-0.05, 0) is 37.8 Å². The van der Waals surface area contributed by atoms with Crippen LogP contribution in [-0.2, 0) is 6.54 Å². The fraction of sp³-hybridized carbons (Fsp3) is 0.588. The van der Waals surface area contributed by atoms with Gasteiger partial charge >= 0.3 is 6.03 Å². The fourth-order valence-electron chi connectivity index (χ4n) is 3.28. The molecule has 0 aromatic heterocycles. The Bertz CT molecular complexity index is 435. The summed E-state index contributed by atoms with van der Waals surface area (Å²) in [5.41, 5.74) is 7.02. The largest absolute Gasteiger partial charge is 0.334 e. The van der Waals surface area contributed by atoms with Gasteiger partial charge in [0.2, 0.25) is 0 Å². The Morgan fingerprint density at radius 1 is 1.29 bits per heavy atom. The van der Waals surface area contributed by atoms with Crippen LogP contribution in [0, 0.1) is 5.92 Å². The van der Waals surface area contributed by atoms with Gasteiger partial charge in [-0.2, -0.15) is 0 Å². The Kier molecular flexibility index (Phi) is 6.05. The van der Waals surface area contributed by atoms with E-state index in [1.54, 1.807) is 0 Å². The highest BCUT2D eigenvalue weighted by Crippen LogP contribution is 2.27. The Balaban J connectivity index is 1.94. The maximum atomic E-state index is 12.5. The van der Waals surface area contributed by atoms with Crippen LogP contribution in [0.1, 0.15) is 38.2 Å². The van der Waals surface area contributed by atoms with Crippen molar-refractivity contribution in [2.24, 2.45) is 11.7 Å². The first-order valence-electron chi connectivity index (χ1n) is 8.04. The number of urea groups is 1. The highest BCUT2D eigenvalue weighted by molar-refractivity contribution is 5.74. The van der Waals surface area contributed by atoms with E-state index in [9.17, 15) is 4.79 Å². The number of rotatable bonds is 5. The van der Waals surface area contributed by atoms with Crippen LogP contribution in [0.25, 0.3) is 0 Å². The summed E-state index contributed by atoms with van der Waals surface area (Å²) < 4.78 is 0. The first-order valence-corrected chi connectivity index (χ1v) is 8.04. The number of nitrogens with two attached hydrogens (primary N) is 1. The standard InChI is InChI=1S/C17H27N3O/c1-2-20(16-11-7-6-10-15(16)12-18)17(21)19-13-14-8-4-3-5-9-14/h3-5,8-9,15-16H,2,6-7,10-13,18H2,1H3,(H,19,21). The number of nitrogens with one attached hydrogen (secondary N) is 1. The summed E-state index contributed by atoms with van der Waals surface area (Å²) in [6, 6.07) is 10.4. The second kappa shape index (κ2) is 8.03. The lowest BCUT2D eigenvalue weighted by molar-refractivity contribution is 0.126. The third kappa shape index (κ3) is 4.21. The van der Waals surface area contributed by atoms with E-state index in [0.29, 0.717) is 25.0 Å². The van der Waals surface area contributed by atoms with Gasteiger partial charge in [-0.25, -0.2) is 4.79 Å². The van der Waals surface area contributed by atoms with Crippen LogP contribution >= 0.6 is 0 Å². The summed E-state index contributed by atoms with van der Waals surface area (Å²) in [4.78, 5) is 14.5. The van der Waals surface area contributed by atoms with Crippen molar-refractivity contribution in [3.05, 3.63) is 35.9 Å². The van der Waals surface area contributed by atoms with Crippen LogP contribution in [0.4, 0.5) is 4.79 Å². The first-order chi connectivity index (χ1) is 10.3. The smallest absolute Gasteiger partial charge is 0.317 e. The van der Waals surface area contributed by atoms with Crippen molar-refractivity contribution in [2.45, 2.75) is 45.2 Å². The molecule has 1 saturated carbocycles. The normalized spacial score (nSPS) is 21.8. The van der Waals surface area contributed by atoms with Gasteiger partial charge in [0, 0.05) is 19.1 Å². The molecular weight excluding hydrogens is 262 g/mol. The zero-order valence-corrected chi connectivity index (χ0v) is 12.9. The average molecular weight is 289 g/mol. The van der Waals surface area contributed by atoms with E-state index in [-0.39, 0.29) is 6.03 Å². The van der Waals surface area contributed by atoms with Crippen molar-refractivity contribution < 1.29 is 4.79 Å². The van der Waals surface area contributed by atoms with Crippen LogP contribution in [-0.4, -0.2) is 30.1 Å². The molecule has 1 aliphatic rings. The van der Waals surface area contributed by atoms with E-state index in [0.717, 1.165) is 24.9 Å². The molecule has 0 saturated heterocycles. The number of hydrogen-bond donors (Lipinski definition) is 2. The van der Waals surface area contributed by atoms with Crippen molar-refractivity contribution in [2.75, 3.05) is 13.1 Å². The number of hydrogen-bond acceptors (Lipinski definition) is 2. The molecule has 2 rings (SSSR count). The van der Waals surface area contributed by atoms with Crippen molar-refractivity contribution in [1.29, 1.82) is 0 Å². The van der Waals surface area contributed by atoms with Gasteiger partial charge in [-0.1, -0.05) is 43.2 Å². The summed E-state index contributed by atoms with van der Waals surface area (Å²) in [5, 5.41) is 3.04. The van der Waals surface area contributed by atoms with E-state index in [4.69, 9.17) is 5.73 Å². The van der Waals surface area contributed by atoms with E-state index in [1.165, 1.54) is 12.8 Å². The number of nitrogens with zero attached hydrogens (tertiary/aromatic N) is 1. The minimum atomic E-state index is 0.0340. The summed E-state index contributed by atoms with van der Waals surface area (Å²) >= 11 is 0. The third-order valence-corrected chi connectivity index (χ3v) is 4.46. The van der Waals surface area contributed by atoms with Crippen molar-refractivity contribution >= 4 is 6.03 Å². The van der Waals surface area contributed by atoms with Crippen LogP contribution in [0.3, 0.4) is 0 Å². The minimum absolute atomic E-state index is 0.0340. The van der Waals surface area contributed by atoms with E-state index >= 15 is 0 Å². The first kappa shape index (κ1) is 15.8. The second-order valence-electron chi connectivity index (χ2n) is 5.78. The maximum absolute atomic E-state index is 12.5. The van der Waals surface area contributed by atoms with E-state index in [1.807, 2.05) is 42.2 Å². The quantitative estimate of drug-likeness (QED) is 0.875. The highest BCUT2D eigenvalue weighted by Gasteiger charge is 2.31. The van der Waals surface area contributed by atoms with Gasteiger partial charge in [0.05, 0.1) is 0 Å². The van der Waals surface area contributed by atoms with Crippen LogP contribution in [0.15, 0.2) is 30.3 Å². The molecule has 21 heavy (non-hydrogen) atoms. The molecule has 3 N–H and O–H groups in total.